The zero-order valence-corrected chi connectivity index (χ0v) is 10.2. The number of piperazine rings is 1. The monoisotopic (exact) mass is 227 g/mol. The topological polar surface area (TPSA) is 52.7 Å². The maximum atomic E-state index is 11.6. The van der Waals surface area contributed by atoms with Gasteiger partial charge in [0.1, 0.15) is 0 Å². The van der Waals surface area contributed by atoms with E-state index in [1.165, 1.54) is 0 Å². The average Bonchev–Trinajstić information content (AvgIpc) is 2.30. The van der Waals surface area contributed by atoms with Crippen molar-refractivity contribution in [1.82, 2.24) is 15.1 Å². The summed E-state index contributed by atoms with van der Waals surface area (Å²) in [6, 6.07) is 0. The standard InChI is InChI=1S/C11H21N3O2/c1-3-4-11(16)14-7-5-13(6-8-14)9-10(15)12-2/h3-9H2,1-2H3,(H,12,15). The fourth-order valence-corrected chi connectivity index (χ4v) is 1.81. The summed E-state index contributed by atoms with van der Waals surface area (Å²) in [4.78, 5) is 26.7. The quantitative estimate of drug-likeness (QED) is 0.716. The molecule has 5 nitrogen and oxygen atoms in total. The molecular formula is C11H21N3O2. The minimum absolute atomic E-state index is 0.0355. The average molecular weight is 227 g/mol. The molecule has 0 saturated carbocycles. The van der Waals surface area contributed by atoms with Crippen LogP contribution in [0, 0.1) is 0 Å². The van der Waals surface area contributed by atoms with E-state index < -0.39 is 0 Å². The van der Waals surface area contributed by atoms with Gasteiger partial charge in [-0.05, 0) is 6.42 Å². The zero-order chi connectivity index (χ0) is 12.0. The fraction of sp³-hybridized carbons (Fsp3) is 0.818. The summed E-state index contributed by atoms with van der Waals surface area (Å²) in [6.07, 6.45) is 1.53. The molecule has 0 aromatic rings. The van der Waals surface area contributed by atoms with Crippen molar-refractivity contribution in [3.63, 3.8) is 0 Å². The Bertz CT molecular complexity index is 248. The first-order valence-corrected chi connectivity index (χ1v) is 5.88. The molecule has 92 valence electrons. The summed E-state index contributed by atoms with van der Waals surface area (Å²) in [6.45, 7) is 5.53. The molecule has 1 fully saturated rings. The van der Waals surface area contributed by atoms with E-state index in [0.717, 1.165) is 32.6 Å². The van der Waals surface area contributed by atoms with Gasteiger partial charge in [-0.1, -0.05) is 6.92 Å². The molecular weight excluding hydrogens is 206 g/mol. The largest absolute Gasteiger partial charge is 0.358 e. The smallest absolute Gasteiger partial charge is 0.233 e. The van der Waals surface area contributed by atoms with Crippen molar-refractivity contribution >= 4 is 11.8 Å². The molecule has 1 saturated heterocycles. The Balaban J connectivity index is 2.28. The van der Waals surface area contributed by atoms with Crippen molar-refractivity contribution in [3.8, 4) is 0 Å². The van der Waals surface area contributed by atoms with Crippen LogP contribution in [0.5, 0.6) is 0 Å². The number of likely N-dealkylation sites (N-methyl/N-ethyl adjacent to an activating group) is 1. The maximum absolute atomic E-state index is 11.6. The van der Waals surface area contributed by atoms with Crippen LogP contribution < -0.4 is 5.32 Å². The highest BCUT2D eigenvalue weighted by molar-refractivity contribution is 5.78. The van der Waals surface area contributed by atoms with Crippen LogP contribution in [0.1, 0.15) is 19.8 Å². The molecule has 0 aromatic carbocycles. The summed E-state index contributed by atoms with van der Waals surface area (Å²) in [5.74, 6) is 0.274. The van der Waals surface area contributed by atoms with Gasteiger partial charge in [0, 0.05) is 39.6 Å². The Morgan fingerprint density at radius 1 is 1.19 bits per heavy atom. The first-order valence-electron chi connectivity index (χ1n) is 5.88. The van der Waals surface area contributed by atoms with Gasteiger partial charge in [0.15, 0.2) is 0 Å². The molecule has 2 amide bonds. The number of carbonyl (C=O) groups excluding carboxylic acids is 2. The lowest BCUT2D eigenvalue weighted by molar-refractivity contribution is -0.133. The molecule has 1 N–H and O–H groups in total. The number of rotatable bonds is 4. The Morgan fingerprint density at radius 2 is 1.81 bits per heavy atom. The van der Waals surface area contributed by atoms with Crippen LogP contribution in [0.15, 0.2) is 0 Å². The molecule has 0 unspecified atom stereocenters. The third-order valence-corrected chi connectivity index (χ3v) is 2.83. The lowest BCUT2D eigenvalue weighted by Gasteiger charge is -2.34. The van der Waals surface area contributed by atoms with Crippen LogP contribution in [-0.2, 0) is 9.59 Å². The van der Waals surface area contributed by atoms with Gasteiger partial charge in [0.25, 0.3) is 0 Å². The van der Waals surface area contributed by atoms with Gasteiger partial charge in [0.2, 0.25) is 11.8 Å². The summed E-state index contributed by atoms with van der Waals surface area (Å²) < 4.78 is 0. The summed E-state index contributed by atoms with van der Waals surface area (Å²) >= 11 is 0. The van der Waals surface area contributed by atoms with Gasteiger partial charge in [-0.25, -0.2) is 0 Å². The summed E-state index contributed by atoms with van der Waals surface area (Å²) in [7, 11) is 1.64. The van der Waals surface area contributed by atoms with Gasteiger partial charge in [-0.15, -0.1) is 0 Å². The van der Waals surface area contributed by atoms with Crippen molar-refractivity contribution in [3.05, 3.63) is 0 Å². The second-order valence-corrected chi connectivity index (χ2v) is 4.08. The summed E-state index contributed by atoms with van der Waals surface area (Å²) in [5, 5.41) is 2.61. The van der Waals surface area contributed by atoms with E-state index in [1.54, 1.807) is 7.05 Å². The van der Waals surface area contributed by atoms with Crippen LogP contribution in [0.3, 0.4) is 0 Å². The number of hydrogen-bond donors (Lipinski definition) is 1. The van der Waals surface area contributed by atoms with E-state index in [1.807, 2.05) is 11.8 Å². The SMILES string of the molecule is CCCC(=O)N1CCN(CC(=O)NC)CC1. The predicted octanol–water partition coefficient (Wildman–Crippen LogP) is -0.323. The third-order valence-electron chi connectivity index (χ3n) is 2.83. The number of hydrogen-bond acceptors (Lipinski definition) is 3. The maximum Gasteiger partial charge on any atom is 0.233 e. The van der Waals surface area contributed by atoms with Gasteiger partial charge in [0.05, 0.1) is 6.54 Å². The van der Waals surface area contributed by atoms with Crippen molar-refractivity contribution in [2.75, 3.05) is 39.8 Å². The molecule has 1 heterocycles. The molecule has 1 aliphatic heterocycles. The third kappa shape index (κ3) is 3.81. The first kappa shape index (κ1) is 13.0. The fourth-order valence-electron chi connectivity index (χ4n) is 1.81. The van der Waals surface area contributed by atoms with E-state index in [0.29, 0.717) is 13.0 Å². The number of nitrogens with one attached hydrogen (secondary N) is 1. The Labute approximate surface area is 96.8 Å². The highest BCUT2D eigenvalue weighted by Crippen LogP contribution is 2.04. The van der Waals surface area contributed by atoms with Crippen LogP contribution >= 0.6 is 0 Å². The van der Waals surface area contributed by atoms with Crippen molar-refractivity contribution < 1.29 is 9.59 Å². The minimum Gasteiger partial charge on any atom is -0.358 e. The van der Waals surface area contributed by atoms with Crippen LogP contribution in [-0.4, -0.2) is 61.4 Å². The highest BCUT2D eigenvalue weighted by Gasteiger charge is 2.21. The second-order valence-electron chi connectivity index (χ2n) is 4.08. The molecule has 16 heavy (non-hydrogen) atoms. The number of nitrogens with zero attached hydrogens (tertiary/aromatic N) is 2. The lowest BCUT2D eigenvalue weighted by Crippen LogP contribution is -2.50. The molecule has 0 bridgehead atoms. The molecule has 0 aromatic heterocycles. The van der Waals surface area contributed by atoms with E-state index in [4.69, 9.17) is 0 Å². The Hall–Kier alpha value is -1.10. The van der Waals surface area contributed by atoms with Crippen LogP contribution in [0.2, 0.25) is 0 Å². The molecule has 0 aliphatic carbocycles. The van der Waals surface area contributed by atoms with E-state index in [9.17, 15) is 9.59 Å². The second kappa shape index (κ2) is 6.48. The molecule has 0 atom stereocenters. The molecule has 5 heteroatoms. The molecule has 1 aliphatic rings. The Morgan fingerprint density at radius 3 is 2.31 bits per heavy atom. The van der Waals surface area contributed by atoms with Crippen molar-refractivity contribution in [1.29, 1.82) is 0 Å². The molecule has 0 spiro atoms. The van der Waals surface area contributed by atoms with Gasteiger partial charge in [-0.2, -0.15) is 0 Å². The summed E-state index contributed by atoms with van der Waals surface area (Å²) in [5.41, 5.74) is 0. The van der Waals surface area contributed by atoms with E-state index in [-0.39, 0.29) is 11.8 Å². The highest BCUT2D eigenvalue weighted by atomic mass is 16.2. The van der Waals surface area contributed by atoms with Crippen molar-refractivity contribution in [2.24, 2.45) is 0 Å². The number of amides is 2. The van der Waals surface area contributed by atoms with E-state index >= 15 is 0 Å². The minimum atomic E-state index is 0.0355. The Kier molecular flexibility index (Phi) is 5.25. The molecule has 1 rings (SSSR count). The predicted molar refractivity (Wildman–Crippen MR) is 62.0 cm³/mol. The van der Waals surface area contributed by atoms with Gasteiger partial charge >= 0.3 is 0 Å². The lowest BCUT2D eigenvalue weighted by atomic mass is 10.2. The zero-order valence-electron chi connectivity index (χ0n) is 10.2. The number of carbonyl (C=O) groups is 2. The van der Waals surface area contributed by atoms with Crippen LogP contribution in [0.25, 0.3) is 0 Å². The van der Waals surface area contributed by atoms with Crippen LogP contribution in [0.4, 0.5) is 0 Å². The first-order chi connectivity index (χ1) is 7.67. The van der Waals surface area contributed by atoms with Crippen molar-refractivity contribution in [2.45, 2.75) is 19.8 Å². The van der Waals surface area contributed by atoms with Gasteiger partial charge in [-0.3, -0.25) is 14.5 Å². The van der Waals surface area contributed by atoms with E-state index in [2.05, 4.69) is 10.2 Å². The van der Waals surface area contributed by atoms with Gasteiger partial charge < -0.3 is 10.2 Å². The normalized spacial score (nSPS) is 17.2. The molecule has 0 radical (unpaired) electrons.